The fraction of sp³-hybridized carbons (Fsp3) is 0.400. The summed E-state index contributed by atoms with van der Waals surface area (Å²) >= 11 is 0. The lowest BCUT2D eigenvalue weighted by Gasteiger charge is -2.18. The molecule has 0 aliphatic rings. The molecule has 0 aliphatic heterocycles. The molecule has 0 radical (unpaired) electrons. The number of nitrogens with two attached hydrogens (primary N) is 2. The van der Waals surface area contributed by atoms with Crippen LogP contribution >= 0.6 is 0 Å². The molecule has 0 saturated heterocycles. The van der Waals surface area contributed by atoms with Crippen molar-refractivity contribution in [1.29, 1.82) is 0 Å². The van der Waals surface area contributed by atoms with Crippen molar-refractivity contribution in [2.24, 2.45) is 5.73 Å². The van der Waals surface area contributed by atoms with E-state index in [2.05, 4.69) is 0 Å². The first-order chi connectivity index (χ1) is 6.29. The predicted molar refractivity (Wildman–Crippen MR) is 52.7 cm³/mol. The monoisotopic (exact) mass is 200 g/mol. The SMILES string of the molecule is CC(C)(N)Cc1cc(N)c(F)c(F)c1. The maximum Gasteiger partial charge on any atom is 0.181 e. The summed E-state index contributed by atoms with van der Waals surface area (Å²) in [5.74, 6) is -1.92. The van der Waals surface area contributed by atoms with Crippen molar-refractivity contribution in [2.45, 2.75) is 25.8 Å². The molecule has 0 aromatic heterocycles. The van der Waals surface area contributed by atoms with E-state index in [1.54, 1.807) is 0 Å². The Hall–Kier alpha value is -1.16. The fourth-order valence-electron chi connectivity index (χ4n) is 1.30. The first-order valence-corrected chi connectivity index (χ1v) is 4.32. The molecule has 1 aromatic carbocycles. The van der Waals surface area contributed by atoms with Gasteiger partial charge in [-0.05, 0) is 38.0 Å². The average molecular weight is 200 g/mol. The van der Waals surface area contributed by atoms with Crippen molar-refractivity contribution in [3.63, 3.8) is 0 Å². The molecular formula is C10H14F2N2. The van der Waals surface area contributed by atoms with E-state index in [-0.39, 0.29) is 5.69 Å². The van der Waals surface area contributed by atoms with Gasteiger partial charge in [0.05, 0.1) is 5.69 Å². The lowest BCUT2D eigenvalue weighted by Crippen LogP contribution is -2.34. The maximum absolute atomic E-state index is 12.9. The van der Waals surface area contributed by atoms with Crippen LogP contribution in [-0.2, 0) is 6.42 Å². The van der Waals surface area contributed by atoms with Gasteiger partial charge in [0, 0.05) is 5.54 Å². The molecule has 14 heavy (non-hydrogen) atoms. The molecule has 0 atom stereocenters. The van der Waals surface area contributed by atoms with Gasteiger partial charge in [-0.1, -0.05) is 0 Å². The maximum atomic E-state index is 12.9. The number of rotatable bonds is 2. The van der Waals surface area contributed by atoms with Gasteiger partial charge >= 0.3 is 0 Å². The van der Waals surface area contributed by atoms with Crippen molar-refractivity contribution in [3.05, 3.63) is 29.3 Å². The second kappa shape index (κ2) is 3.53. The smallest absolute Gasteiger partial charge is 0.181 e. The summed E-state index contributed by atoms with van der Waals surface area (Å²) in [4.78, 5) is 0. The largest absolute Gasteiger partial charge is 0.396 e. The van der Waals surface area contributed by atoms with E-state index in [0.717, 1.165) is 6.07 Å². The Kier molecular flexibility index (Phi) is 2.76. The van der Waals surface area contributed by atoms with Crippen LogP contribution in [0.2, 0.25) is 0 Å². The fourth-order valence-corrected chi connectivity index (χ4v) is 1.30. The van der Waals surface area contributed by atoms with Gasteiger partial charge in [-0.2, -0.15) is 0 Å². The highest BCUT2D eigenvalue weighted by atomic mass is 19.2. The summed E-state index contributed by atoms with van der Waals surface area (Å²) in [7, 11) is 0. The zero-order chi connectivity index (χ0) is 10.9. The molecule has 0 heterocycles. The first-order valence-electron chi connectivity index (χ1n) is 4.32. The summed E-state index contributed by atoms with van der Waals surface area (Å²) < 4.78 is 25.7. The molecule has 4 heteroatoms. The Morgan fingerprint density at radius 2 is 1.86 bits per heavy atom. The molecule has 0 spiro atoms. The van der Waals surface area contributed by atoms with Crippen molar-refractivity contribution < 1.29 is 8.78 Å². The minimum atomic E-state index is -0.997. The highest BCUT2D eigenvalue weighted by Gasteiger charge is 2.15. The normalized spacial score (nSPS) is 11.8. The topological polar surface area (TPSA) is 52.0 Å². The van der Waals surface area contributed by atoms with Gasteiger partial charge in [-0.3, -0.25) is 0 Å². The quantitative estimate of drug-likeness (QED) is 0.715. The van der Waals surface area contributed by atoms with E-state index in [0.29, 0.717) is 12.0 Å². The zero-order valence-electron chi connectivity index (χ0n) is 8.27. The molecule has 78 valence electrons. The van der Waals surface area contributed by atoms with E-state index in [1.165, 1.54) is 6.07 Å². The molecular weight excluding hydrogens is 186 g/mol. The summed E-state index contributed by atoms with van der Waals surface area (Å²) in [5, 5.41) is 0. The van der Waals surface area contributed by atoms with Gasteiger partial charge in [0.1, 0.15) is 0 Å². The highest BCUT2D eigenvalue weighted by Crippen LogP contribution is 2.19. The van der Waals surface area contributed by atoms with Crippen LogP contribution in [0.25, 0.3) is 0 Å². The summed E-state index contributed by atoms with van der Waals surface area (Å²) in [6, 6.07) is 2.54. The zero-order valence-corrected chi connectivity index (χ0v) is 8.27. The number of nitrogen functional groups attached to an aromatic ring is 1. The summed E-state index contributed by atoms with van der Waals surface area (Å²) in [6.45, 7) is 3.62. The second-order valence-corrected chi connectivity index (χ2v) is 4.15. The van der Waals surface area contributed by atoms with E-state index in [9.17, 15) is 8.78 Å². The van der Waals surface area contributed by atoms with Crippen LogP contribution < -0.4 is 11.5 Å². The second-order valence-electron chi connectivity index (χ2n) is 4.15. The molecule has 0 fully saturated rings. The van der Waals surface area contributed by atoms with Gasteiger partial charge < -0.3 is 11.5 Å². The van der Waals surface area contributed by atoms with Crippen molar-refractivity contribution in [1.82, 2.24) is 0 Å². The molecule has 0 bridgehead atoms. The number of halogens is 2. The molecule has 2 nitrogen and oxygen atoms in total. The molecule has 1 rings (SSSR count). The lowest BCUT2D eigenvalue weighted by molar-refractivity contribution is 0.496. The summed E-state index contributed by atoms with van der Waals surface area (Å²) in [6.07, 6.45) is 0.453. The first kappa shape index (κ1) is 10.9. The van der Waals surface area contributed by atoms with Crippen LogP contribution in [0, 0.1) is 11.6 Å². The van der Waals surface area contributed by atoms with Crippen LogP contribution in [0.15, 0.2) is 12.1 Å². The molecule has 0 amide bonds. The molecule has 0 saturated carbocycles. The number of benzene rings is 1. The van der Waals surface area contributed by atoms with Gasteiger partial charge in [0.25, 0.3) is 0 Å². The third-order valence-corrected chi connectivity index (χ3v) is 1.78. The third-order valence-electron chi connectivity index (χ3n) is 1.78. The Bertz CT molecular complexity index is 319. The van der Waals surface area contributed by atoms with Crippen molar-refractivity contribution in [2.75, 3.05) is 5.73 Å². The van der Waals surface area contributed by atoms with Gasteiger partial charge in [-0.15, -0.1) is 0 Å². The van der Waals surface area contributed by atoms with E-state index < -0.39 is 17.2 Å². The van der Waals surface area contributed by atoms with Gasteiger partial charge in [-0.25, -0.2) is 8.78 Å². The average Bonchev–Trinajstić information content (AvgIpc) is 1.96. The van der Waals surface area contributed by atoms with E-state index in [1.807, 2.05) is 13.8 Å². The molecule has 1 aromatic rings. The number of hydrogen-bond acceptors (Lipinski definition) is 2. The van der Waals surface area contributed by atoms with Crippen LogP contribution in [-0.4, -0.2) is 5.54 Å². The lowest BCUT2D eigenvalue weighted by atomic mass is 9.96. The summed E-state index contributed by atoms with van der Waals surface area (Å²) in [5.41, 5.74) is 11.0. The minimum Gasteiger partial charge on any atom is -0.396 e. The van der Waals surface area contributed by atoms with Crippen LogP contribution in [0.4, 0.5) is 14.5 Å². The van der Waals surface area contributed by atoms with Crippen LogP contribution in [0.3, 0.4) is 0 Å². The van der Waals surface area contributed by atoms with Crippen molar-refractivity contribution in [3.8, 4) is 0 Å². The standard InChI is InChI=1S/C10H14F2N2/c1-10(2,14)5-6-3-7(11)9(12)8(13)4-6/h3-4H,5,13-14H2,1-2H3. The predicted octanol–water partition coefficient (Wildman–Crippen LogP) is 1.83. The van der Waals surface area contributed by atoms with Gasteiger partial charge in [0.15, 0.2) is 11.6 Å². The van der Waals surface area contributed by atoms with E-state index >= 15 is 0 Å². The highest BCUT2D eigenvalue weighted by molar-refractivity contribution is 5.43. The van der Waals surface area contributed by atoms with Crippen LogP contribution in [0.5, 0.6) is 0 Å². The Labute approximate surface area is 81.9 Å². The number of anilines is 1. The molecule has 4 N–H and O–H groups in total. The van der Waals surface area contributed by atoms with Crippen molar-refractivity contribution >= 4 is 5.69 Å². The minimum absolute atomic E-state index is 0.177. The number of hydrogen-bond donors (Lipinski definition) is 2. The molecule has 0 aliphatic carbocycles. The van der Waals surface area contributed by atoms with Crippen LogP contribution in [0.1, 0.15) is 19.4 Å². The van der Waals surface area contributed by atoms with E-state index in [4.69, 9.17) is 11.5 Å². The third kappa shape index (κ3) is 2.67. The van der Waals surface area contributed by atoms with Gasteiger partial charge in [0.2, 0.25) is 0 Å². The Morgan fingerprint density at radius 3 is 2.29 bits per heavy atom. The molecule has 0 unspecified atom stereocenters. The Morgan fingerprint density at radius 1 is 1.29 bits per heavy atom. The Balaban J connectivity index is 3.02.